The van der Waals surface area contributed by atoms with Crippen LogP contribution in [0.4, 0.5) is 4.39 Å². The number of rotatable bonds is 5. The van der Waals surface area contributed by atoms with Crippen molar-refractivity contribution < 1.29 is 29.6 Å². The smallest absolute Gasteiger partial charge is 0.338 e. The number of carbonyl (C=O) groups excluding carboxylic acids is 2. The van der Waals surface area contributed by atoms with E-state index in [2.05, 4.69) is 0 Å². The number of H-pyrrole nitrogens is 1. The number of halogens is 2. The highest BCUT2D eigenvalue weighted by Crippen LogP contribution is 2.44. The molecule has 0 saturated carbocycles. The van der Waals surface area contributed by atoms with Gasteiger partial charge in [0.15, 0.2) is 18.9 Å². The Morgan fingerprint density at radius 2 is 2.13 bits per heavy atom. The Morgan fingerprint density at radius 3 is 2.77 bits per heavy atom. The van der Waals surface area contributed by atoms with E-state index in [4.69, 9.17) is 27.2 Å². The molecule has 1 saturated heterocycles. The molecule has 11 heteroatoms. The Kier molecular flexibility index (Phi) is 5.69. The van der Waals surface area contributed by atoms with Crippen LogP contribution in [0.2, 0.25) is 5.02 Å². The van der Waals surface area contributed by atoms with Crippen LogP contribution in [0.1, 0.15) is 31.8 Å². The molecule has 0 unspecified atom stereocenters. The van der Waals surface area contributed by atoms with Gasteiger partial charge in [0, 0.05) is 24.2 Å². The van der Waals surface area contributed by atoms with E-state index in [1.54, 1.807) is 0 Å². The molecule has 1 N–H and O–H groups in total. The summed E-state index contributed by atoms with van der Waals surface area (Å²) < 4.78 is 40.2. The SMILES string of the molecule is [2H][C@@]1(n2ccc(=O)[nH]c2=O)O[C@](F)(COC(=O)c2cccc(Cl)c2)[C@@H](C)[C@H]1OC(C)=O. The van der Waals surface area contributed by atoms with Gasteiger partial charge in [-0.15, -0.1) is 0 Å². The van der Waals surface area contributed by atoms with Crippen molar-refractivity contribution in [3.8, 4) is 0 Å². The highest BCUT2D eigenvalue weighted by atomic mass is 35.5. The van der Waals surface area contributed by atoms with Gasteiger partial charge in [-0.1, -0.05) is 24.6 Å². The number of nitrogens with zero attached hydrogens (tertiary/aromatic N) is 1. The molecule has 4 atom stereocenters. The Labute approximate surface area is 175 Å². The van der Waals surface area contributed by atoms with Crippen molar-refractivity contribution in [3.63, 3.8) is 0 Å². The summed E-state index contributed by atoms with van der Waals surface area (Å²) in [4.78, 5) is 49.3. The van der Waals surface area contributed by atoms with E-state index in [1.165, 1.54) is 31.2 Å². The summed E-state index contributed by atoms with van der Waals surface area (Å²) in [6, 6.07) is 6.70. The molecule has 1 aromatic carbocycles. The van der Waals surface area contributed by atoms with Crippen molar-refractivity contribution in [2.24, 2.45) is 5.92 Å². The van der Waals surface area contributed by atoms with Crippen molar-refractivity contribution in [1.29, 1.82) is 0 Å². The fraction of sp³-hybridized carbons (Fsp3) is 0.368. The van der Waals surface area contributed by atoms with Gasteiger partial charge in [-0.2, -0.15) is 0 Å². The van der Waals surface area contributed by atoms with Crippen molar-refractivity contribution in [2.45, 2.75) is 32.0 Å². The molecule has 0 bridgehead atoms. The lowest BCUT2D eigenvalue weighted by atomic mass is 9.98. The number of carbonyl (C=O) groups is 2. The standard InChI is InChI=1S/C19H18ClFN2O7/c1-10-15(29-11(2)24)16(23-7-6-14(25)22-18(23)27)30-19(10,21)9-28-17(26)12-4-3-5-13(20)8-12/h3-8,10,15-16H,9H2,1-2H3,(H,22,25,27)/t10-,15+,16+,19+/m0/s1/i16D. The molecule has 2 heterocycles. The molecule has 0 spiro atoms. The van der Waals surface area contributed by atoms with E-state index in [0.29, 0.717) is 4.57 Å². The molecule has 1 aliphatic heterocycles. The summed E-state index contributed by atoms with van der Waals surface area (Å²) in [5, 5.41) is 0.271. The van der Waals surface area contributed by atoms with E-state index in [1.807, 2.05) is 4.98 Å². The lowest BCUT2D eigenvalue weighted by molar-refractivity contribution is -0.194. The number of aromatic nitrogens is 2. The molecule has 30 heavy (non-hydrogen) atoms. The molecule has 1 aromatic heterocycles. The minimum absolute atomic E-state index is 0.0623. The number of ether oxygens (including phenoxy) is 3. The molecule has 1 fully saturated rings. The molecule has 3 rings (SSSR count). The number of esters is 2. The predicted octanol–water partition coefficient (Wildman–Crippen LogP) is 1.81. The van der Waals surface area contributed by atoms with Gasteiger partial charge in [-0.05, 0) is 18.2 Å². The maximum absolute atomic E-state index is 15.7. The van der Waals surface area contributed by atoms with E-state index < -0.39 is 53.9 Å². The van der Waals surface area contributed by atoms with Crippen molar-refractivity contribution in [1.82, 2.24) is 9.55 Å². The second kappa shape index (κ2) is 8.41. The van der Waals surface area contributed by atoms with Crippen molar-refractivity contribution in [2.75, 3.05) is 6.61 Å². The van der Waals surface area contributed by atoms with Crippen LogP contribution in [0.5, 0.6) is 0 Å². The highest BCUT2D eigenvalue weighted by Gasteiger charge is 2.57. The number of nitrogens with one attached hydrogen (secondary N) is 1. The first-order valence-electron chi connectivity index (χ1n) is 9.28. The largest absolute Gasteiger partial charge is 0.457 e. The van der Waals surface area contributed by atoms with Gasteiger partial charge in [0.25, 0.3) is 11.4 Å². The average molecular weight is 442 g/mol. The van der Waals surface area contributed by atoms with E-state index in [0.717, 1.165) is 19.2 Å². The third kappa shape index (κ3) is 4.44. The number of alkyl halides is 1. The quantitative estimate of drug-likeness (QED) is 0.703. The van der Waals surface area contributed by atoms with Crippen molar-refractivity contribution >= 4 is 23.5 Å². The lowest BCUT2D eigenvalue weighted by Gasteiger charge is -2.24. The Hall–Kier alpha value is -2.98. The summed E-state index contributed by atoms with van der Waals surface area (Å²) in [6.45, 7) is 1.35. The second-order valence-electron chi connectivity index (χ2n) is 6.61. The van der Waals surface area contributed by atoms with Gasteiger partial charge < -0.3 is 14.2 Å². The topological polar surface area (TPSA) is 117 Å². The van der Waals surface area contributed by atoms with Gasteiger partial charge in [-0.3, -0.25) is 19.1 Å². The number of aromatic amines is 1. The second-order valence-corrected chi connectivity index (χ2v) is 7.05. The Bertz CT molecular complexity index is 1140. The van der Waals surface area contributed by atoms with E-state index in [-0.39, 0.29) is 10.6 Å². The molecular weight excluding hydrogens is 423 g/mol. The Balaban J connectivity index is 1.92. The van der Waals surface area contributed by atoms with Crippen LogP contribution in [0.3, 0.4) is 0 Å². The number of hydrogen-bond donors (Lipinski definition) is 1. The normalized spacial score (nSPS) is 28.6. The zero-order valence-corrected chi connectivity index (χ0v) is 16.6. The lowest BCUT2D eigenvalue weighted by Crippen LogP contribution is -2.39. The van der Waals surface area contributed by atoms with Gasteiger partial charge in [0.2, 0.25) is 0 Å². The first-order valence-corrected chi connectivity index (χ1v) is 9.15. The molecule has 9 nitrogen and oxygen atoms in total. The van der Waals surface area contributed by atoms with Gasteiger partial charge in [0.05, 0.1) is 12.9 Å². The molecule has 0 aliphatic carbocycles. The fourth-order valence-electron chi connectivity index (χ4n) is 2.90. The third-order valence-electron chi connectivity index (χ3n) is 4.47. The van der Waals surface area contributed by atoms with Gasteiger partial charge >= 0.3 is 17.6 Å². The summed E-state index contributed by atoms with van der Waals surface area (Å²) >= 11 is 5.83. The van der Waals surface area contributed by atoms with Crippen LogP contribution in [0.25, 0.3) is 0 Å². The summed E-state index contributed by atoms with van der Waals surface area (Å²) in [5.41, 5.74) is -1.76. The zero-order valence-electron chi connectivity index (χ0n) is 16.9. The monoisotopic (exact) mass is 441 g/mol. The maximum Gasteiger partial charge on any atom is 0.338 e. The first kappa shape index (κ1) is 20.3. The molecule has 2 aromatic rings. The van der Waals surface area contributed by atoms with E-state index in [9.17, 15) is 19.2 Å². The van der Waals surface area contributed by atoms with Crippen LogP contribution in [0.15, 0.2) is 46.1 Å². The minimum atomic E-state index is -2.80. The molecule has 0 radical (unpaired) electrons. The van der Waals surface area contributed by atoms with Crippen LogP contribution < -0.4 is 11.2 Å². The average Bonchev–Trinajstić information content (AvgIpc) is 2.87. The molecule has 1 aliphatic rings. The number of benzene rings is 1. The molecular formula is C19H18ClFN2O7. The van der Waals surface area contributed by atoms with Crippen LogP contribution in [-0.2, 0) is 19.0 Å². The van der Waals surface area contributed by atoms with Gasteiger partial charge in [0.1, 0.15) is 0 Å². The zero-order chi connectivity index (χ0) is 23.0. The summed E-state index contributed by atoms with van der Waals surface area (Å²) in [6.07, 6.45) is -3.27. The van der Waals surface area contributed by atoms with Crippen LogP contribution >= 0.6 is 11.6 Å². The fourth-order valence-corrected chi connectivity index (χ4v) is 3.09. The number of hydrogen-bond acceptors (Lipinski definition) is 7. The van der Waals surface area contributed by atoms with Crippen LogP contribution in [-0.4, -0.2) is 40.1 Å². The Morgan fingerprint density at radius 1 is 1.40 bits per heavy atom. The van der Waals surface area contributed by atoms with E-state index >= 15 is 4.39 Å². The maximum atomic E-state index is 15.7. The van der Waals surface area contributed by atoms with Gasteiger partial charge in [-0.25, -0.2) is 14.0 Å². The van der Waals surface area contributed by atoms with Crippen LogP contribution in [0, 0.1) is 5.92 Å². The highest BCUT2D eigenvalue weighted by molar-refractivity contribution is 6.30. The summed E-state index contributed by atoms with van der Waals surface area (Å²) in [5.74, 6) is -5.89. The predicted molar refractivity (Wildman–Crippen MR) is 102 cm³/mol. The molecule has 160 valence electrons. The third-order valence-corrected chi connectivity index (χ3v) is 4.70. The minimum Gasteiger partial charge on any atom is -0.457 e. The van der Waals surface area contributed by atoms with Crippen molar-refractivity contribution in [3.05, 3.63) is 68.0 Å². The molecule has 0 amide bonds. The first-order chi connectivity index (χ1) is 14.5. The summed E-state index contributed by atoms with van der Waals surface area (Å²) in [7, 11) is 0.